The van der Waals surface area contributed by atoms with Crippen LogP contribution in [0.2, 0.25) is 18.1 Å². The van der Waals surface area contributed by atoms with Gasteiger partial charge in [0.2, 0.25) is 0 Å². The first kappa shape index (κ1) is 12.6. The maximum atomic E-state index is 8.18. The largest absolute Gasteiger partial charge is 0.416 e. The highest BCUT2D eigenvalue weighted by Crippen LogP contribution is 2.36. The van der Waals surface area contributed by atoms with Crippen molar-refractivity contribution >= 4 is 14.5 Å². The Bertz CT molecular complexity index is 173. The van der Waals surface area contributed by atoms with Crippen LogP contribution in [-0.4, -0.2) is 26.3 Å². The van der Waals surface area contributed by atoms with E-state index in [4.69, 9.17) is 9.63 Å². The molecule has 0 amide bonds. The van der Waals surface area contributed by atoms with Crippen LogP contribution < -0.4 is 0 Å². The number of rotatable bonds is 4. The van der Waals surface area contributed by atoms with E-state index in [0.29, 0.717) is 13.0 Å². The summed E-state index contributed by atoms with van der Waals surface area (Å²) < 4.78 is 5.83. The summed E-state index contributed by atoms with van der Waals surface area (Å²) in [5, 5.41) is 11.4. The van der Waals surface area contributed by atoms with Crippen molar-refractivity contribution < 1.29 is 9.63 Å². The van der Waals surface area contributed by atoms with Crippen molar-refractivity contribution in [3.05, 3.63) is 0 Å². The molecule has 3 nitrogen and oxygen atoms in total. The van der Waals surface area contributed by atoms with E-state index in [2.05, 4.69) is 39.0 Å². The van der Waals surface area contributed by atoms with Gasteiger partial charge in [0.15, 0.2) is 8.32 Å². The van der Waals surface area contributed by atoms with Gasteiger partial charge in [-0.15, -0.1) is 5.16 Å². The fourth-order valence-electron chi connectivity index (χ4n) is 0.641. The van der Waals surface area contributed by atoms with Crippen molar-refractivity contribution in [1.82, 2.24) is 0 Å². The van der Waals surface area contributed by atoms with Gasteiger partial charge in [0, 0.05) is 19.2 Å². The highest BCUT2D eigenvalue weighted by molar-refractivity contribution is 6.74. The molecule has 78 valence electrons. The summed E-state index contributed by atoms with van der Waals surface area (Å²) in [4.78, 5) is 0. The average molecular weight is 203 g/mol. The zero-order valence-corrected chi connectivity index (χ0v) is 10.3. The van der Waals surface area contributed by atoms with Crippen LogP contribution in [0.4, 0.5) is 0 Å². The van der Waals surface area contributed by atoms with Crippen LogP contribution in [0.3, 0.4) is 0 Å². The lowest BCUT2D eigenvalue weighted by atomic mass is 10.2. The monoisotopic (exact) mass is 203 g/mol. The van der Waals surface area contributed by atoms with Gasteiger partial charge in [0.1, 0.15) is 0 Å². The van der Waals surface area contributed by atoms with Gasteiger partial charge >= 0.3 is 0 Å². The zero-order chi connectivity index (χ0) is 10.5. The molecule has 0 rings (SSSR count). The summed E-state index contributed by atoms with van der Waals surface area (Å²) >= 11 is 0. The molecule has 0 atom stereocenters. The Labute approximate surface area is 81.9 Å². The maximum Gasteiger partial charge on any atom is 0.191 e. The Morgan fingerprint density at radius 2 is 1.92 bits per heavy atom. The average Bonchev–Trinajstić information content (AvgIpc) is 1.96. The standard InChI is InChI=1S/C9H21NO2Si/c1-9(2,3)13(4,5)12-8-6-7-10-11/h7,11H,6,8H2,1-5H3/b10-7+. The molecule has 0 saturated carbocycles. The van der Waals surface area contributed by atoms with Gasteiger partial charge in [-0.2, -0.15) is 0 Å². The van der Waals surface area contributed by atoms with Gasteiger partial charge in [-0.25, -0.2) is 0 Å². The summed E-state index contributed by atoms with van der Waals surface area (Å²) in [6.07, 6.45) is 2.15. The van der Waals surface area contributed by atoms with E-state index < -0.39 is 8.32 Å². The molecule has 0 radical (unpaired) electrons. The van der Waals surface area contributed by atoms with Gasteiger partial charge in [0.25, 0.3) is 0 Å². The zero-order valence-electron chi connectivity index (χ0n) is 9.29. The molecule has 0 saturated heterocycles. The van der Waals surface area contributed by atoms with E-state index in [1.165, 1.54) is 6.21 Å². The topological polar surface area (TPSA) is 41.8 Å². The van der Waals surface area contributed by atoms with E-state index >= 15 is 0 Å². The first-order valence-electron chi connectivity index (χ1n) is 4.61. The smallest absolute Gasteiger partial charge is 0.191 e. The molecule has 0 aromatic carbocycles. The van der Waals surface area contributed by atoms with E-state index in [-0.39, 0.29) is 5.04 Å². The molecule has 0 unspecified atom stereocenters. The third kappa shape index (κ3) is 4.43. The molecule has 0 aromatic heterocycles. The normalized spacial score (nSPS) is 13.9. The molecule has 0 heterocycles. The Morgan fingerprint density at radius 3 is 2.31 bits per heavy atom. The molecule has 0 aromatic rings. The van der Waals surface area contributed by atoms with Crippen molar-refractivity contribution in [2.24, 2.45) is 5.16 Å². The summed E-state index contributed by atoms with van der Waals surface area (Å²) in [5.41, 5.74) is 0. The van der Waals surface area contributed by atoms with Crippen molar-refractivity contribution in [3.8, 4) is 0 Å². The van der Waals surface area contributed by atoms with E-state index in [1.54, 1.807) is 0 Å². The number of hydrogen-bond donors (Lipinski definition) is 1. The molecule has 0 aliphatic rings. The predicted molar refractivity (Wildman–Crippen MR) is 58.0 cm³/mol. The predicted octanol–water partition coefficient (Wildman–Crippen LogP) is 2.86. The lowest BCUT2D eigenvalue weighted by Gasteiger charge is -2.36. The molecule has 0 aliphatic heterocycles. The molecule has 0 fully saturated rings. The van der Waals surface area contributed by atoms with Crippen LogP contribution in [0.15, 0.2) is 5.16 Å². The lowest BCUT2D eigenvalue weighted by molar-refractivity contribution is 0.292. The first-order valence-corrected chi connectivity index (χ1v) is 7.52. The van der Waals surface area contributed by atoms with Crippen molar-refractivity contribution in [2.45, 2.75) is 45.3 Å². The SMILES string of the molecule is CC(C)(C)[Si](C)(C)OCC/C=N/O. The Hall–Kier alpha value is -0.353. The minimum atomic E-state index is -1.60. The van der Waals surface area contributed by atoms with Gasteiger partial charge in [-0.05, 0) is 18.1 Å². The highest BCUT2D eigenvalue weighted by atomic mass is 28.4. The molecular weight excluding hydrogens is 182 g/mol. The van der Waals surface area contributed by atoms with Crippen molar-refractivity contribution in [2.75, 3.05) is 6.61 Å². The summed E-state index contributed by atoms with van der Waals surface area (Å²) in [6, 6.07) is 0. The van der Waals surface area contributed by atoms with Gasteiger partial charge in [0.05, 0.1) is 0 Å². The van der Waals surface area contributed by atoms with Crippen LogP contribution in [0.1, 0.15) is 27.2 Å². The van der Waals surface area contributed by atoms with Gasteiger partial charge in [-0.3, -0.25) is 0 Å². The minimum Gasteiger partial charge on any atom is -0.416 e. The molecule has 1 N–H and O–H groups in total. The second-order valence-corrected chi connectivity index (χ2v) is 9.50. The van der Waals surface area contributed by atoms with Crippen LogP contribution in [0.5, 0.6) is 0 Å². The van der Waals surface area contributed by atoms with E-state index in [9.17, 15) is 0 Å². The molecule has 0 bridgehead atoms. The van der Waals surface area contributed by atoms with E-state index in [1.807, 2.05) is 0 Å². The molecular formula is C9H21NO2Si. The van der Waals surface area contributed by atoms with E-state index in [0.717, 1.165) is 0 Å². The molecule has 0 aliphatic carbocycles. The quantitative estimate of drug-likeness (QED) is 0.251. The van der Waals surface area contributed by atoms with Crippen LogP contribution in [0, 0.1) is 0 Å². The van der Waals surface area contributed by atoms with Crippen LogP contribution in [0.25, 0.3) is 0 Å². The molecule has 13 heavy (non-hydrogen) atoms. The fraction of sp³-hybridized carbons (Fsp3) is 0.889. The van der Waals surface area contributed by atoms with Gasteiger partial charge < -0.3 is 9.63 Å². The summed E-state index contributed by atoms with van der Waals surface area (Å²) in [5.74, 6) is 0. The lowest BCUT2D eigenvalue weighted by Crippen LogP contribution is -2.41. The number of hydrogen-bond acceptors (Lipinski definition) is 3. The second-order valence-electron chi connectivity index (χ2n) is 4.70. The third-order valence-electron chi connectivity index (χ3n) is 2.60. The summed E-state index contributed by atoms with van der Waals surface area (Å²) in [7, 11) is -1.60. The molecule has 4 heteroatoms. The second kappa shape index (κ2) is 4.76. The highest BCUT2D eigenvalue weighted by Gasteiger charge is 2.36. The van der Waals surface area contributed by atoms with Crippen LogP contribution in [-0.2, 0) is 4.43 Å². The minimum absolute atomic E-state index is 0.253. The summed E-state index contributed by atoms with van der Waals surface area (Å²) in [6.45, 7) is 11.7. The number of nitrogens with zero attached hydrogens (tertiary/aromatic N) is 1. The Balaban J connectivity index is 3.90. The Morgan fingerprint density at radius 1 is 1.38 bits per heavy atom. The maximum absolute atomic E-state index is 8.18. The third-order valence-corrected chi connectivity index (χ3v) is 7.14. The first-order chi connectivity index (χ1) is 5.81. The van der Waals surface area contributed by atoms with Gasteiger partial charge in [-0.1, -0.05) is 20.8 Å². The van der Waals surface area contributed by atoms with Crippen molar-refractivity contribution in [3.63, 3.8) is 0 Å². The van der Waals surface area contributed by atoms with Crippen molar-refractivity contribution in [1.29, 1.82) is 0 Å². The van der Waals surface area contributed by atoms with Crippen LogP contribution >= 0.6 is 0 Å². The Kier molecular flexibility index (Phi) is 4.63. The number of oxime groups is 1. The molecule has 0 spiro atoms. The fourth-order valence-corrected chi connectivity index (χ4v) is 1.70.